The van der Waals surface area contributed by atoms with E-state index in [0.717, 1.165) is 6.54 Å². The van der Waals surface area contributed by atoms with Crippen molar-refractivity contribution < 1.29 is 4.57 Å². The molecule has 2 nitrogen and oxygen atoms in total. The first-order valence-electron chi connectivity index (χ1n) is 11.0. The molecule has 1 aromatic heterocycles. The smallest absolute Gasteiger partial charge is 0.234 e. The van der Waals surface area contributed by atoms with Gasteiger partial charge in [-0.15, -0.1) is 0 Å². The molecule has 0 N–H and O–H groups in total. The molecule has 2 aromatic rings. The molecule has 1 aromatic carbocycles. The van der Waals surface area contributed by atoms with Crippen molar-refractivity contribution in [2.45, 2.75) is 97.4 Å². The molecule has 2 rings (SSSR count). The second kappa shape index (κ2) is 12.7. The first kappa shape index (κ1) is 20.7. The van der Waals surface area contributed by atoms with E-state index in [9.17, 15) is 0 Å². The van der Waals surface area contributed by atoms with E-state index in [1.165, 1.54) is 88.6 Å². The van der Waals surface area contributed by atoms with Gasteiger partial charge < -0.3 is 0 Å². The van der Waals surface area contributed by atoms with Crippen molar-refractivity contribution in [1.82, 2.24) is 4.57 Å². The van der Waals surface area contributed by atoms with Gasteiger partial charge in [-0.3, -0.25) is 0 Å². The van der Waals surface area contributed by atoms with Gasteiger partial charge in [-0.05, 0) is 31.4 Å². The van der Waals surface area contributed by atoms with E-state index < -0.39 is 0 Å². The average molecular weight is 356 g/mol. The second-order valence-electron chi connectivity index (χ2n) is 7.55. The summed E-state index contributed by atoms with van der Waals surface area (Å²) < 4.78 is 4.90. The van der Waals surface area contributed by atoms with Gasteiger partial charge in [-0.1, -0.05) is 83.4 Å². The van der Waals surface area contributed by atoms with Crippen LogP contribution in [0.2, 0.25) is 0 Å². The third kappa shape index (κ3) is 6.97. The quantitative estimate of drug-likeness (QED) is 0.265. The number of aromatic nitrogens is 2. The Bertz CT molecular complexity index is 586. The summed E-state index contributed by atoms with van der Waals surface area (Å²) >= 11 is 0. The molecule has 0 spiro atoms. The van der Waals surface area contributed by atoms with Crippen molar-refractivity contribution in [3.63, 3.8) is 0 Å². The largest absolute Gasteiger partial charge is 0.261 e. The lowest BCUT2D eigenvalue weighted by Gasteiger charge is -2.06. The van der Waals surface area contributed by atoms with E-state index in [2.05, 4.69) is 65.7 Å². The number of benzene rings is 1. The molecule has 0 atom stereocenters. The molecule has 0 saturated carbocycles. The summed E-state index contributed by atoms with van der Waals surface area (Å²) in [7, 11) is 0. The van der Waals surface area contributed by atoms with Crippen LogP contribution in [0.4, 0.5) is 0 Å². The number of hydrogen-bond donors (Lipinski definition) is 0. The van der Waals surface area contributed by atoms with Gasteiger partial charge in [0.15, 0.2) is 0 Å². The fraction of sp³-hybridized carbons (Fsp3) is 0.625. The van der Waals surface area contributed by atoms with E-state index in [1.807, 2.05) is 0 Å². The Kier molecular flexibility index (Phi) is 10.2. The Hall–Kier alpha value is -1.57. The molecule has 0 fully saturated rings. The summed E-state index contributed by atoms with van der Waals surface area (Å²) in [5.74, 6) is 1.47. The molecule has 0 saturated heterocycles. The van der Waals surface area contributed by atoms with Gasteiger partial charge >= 0.3 is 0 Å². The van der Waals surface area contributed by atoms with Crippen LogP contribution >= 0.6 is 0 Å². The zero-order valence-corrected chi connectivity index (χ0v) is 17.1. The van der Waals surface area contributed by atoms with Gasteiger partial charge in [-0.25, -0.2) is 4.57 Å². The maximum Gasteiger partial charge on any atom is 0.261 e. The molecule has 0 aliphatic carbocycles. The van der Waals surface area contributed by atoms with E-state index in [0.29, 0.717) is 0 Å². The maximum absolute atomic E-state index is 2.50. The molecule has 2 heteroatoms. The van der Waals surface area contributed by atoms with Crippen LogP contribution in [0.25, 0.3) is 5.69 Å². The number of unbranched alkanes of at least 4 members (excludes halogenated alkanes) is 9. The van der Waals surface area contributed by atoms with Crippen LogP contribution in [0, 0.1) is 0 Å². The Labute approximate surface area is 161 Å². The number of para-hydroxylation sites is 1. The minimum absolute atomic E-state index is 1.16. The molecular weight excluding hydrogens is 316 g/mol. The van der Waals surface area contributed by atoms with E-state index in [-0.39, 0.29) is 0 Å². The molecule has 0 unspecified atom stereocenters. The lowest BCUT2D eigenvalue weighted by molar-refractivity contribution is -0.704. The highest BCUT2D eigenvalue weighted by Gasteiger charge is 2.18. The maximum atomic E-state index is 2.50. The van der Waals surface area contributed by atoms with Gasteiger partial charge in [0.05, 0.1) is 6.54 Å². The van der Waals surface area contributed by atoms with Crippen molar-refractivity contribution in [3.05, 3.63) is 48.5 Å². The van der Waals surface area contributed by atoms with Gasteiger partial charge in [-0.2, -0.15) is 4.57 Å². The SMILES string of the molecule is CCCCCCCCC[n+]1ccn(-c2ccccc2)c1CCCCCC. The molecule has 0 bridgehead atoms. The molecule has 26 heavy (non-hydrogen) atoms. The molecule has 0 amide bonds. The number of imidazole rings is 1. The number of hydrogen-bond acceptors (Lipinski definition) is 0. The average Bonchev–Trinajstić information content (AvgIpc) is 3.08. The van der Waals surface area contributed by atoms with Crippen LogP contribution in [0.3, 0.4) is 0 Å². The fourth-order valence-electron chi connectivity index (χ4n) is 3.70. The Balaban J connectivity index is 1.93. The van der Waals surface area contributed by atoms with Crippen LogP contribution in [0.1, 0.15) is 90.3 Å². The molecule has 0 aliphatic rings. The summed E-state index contributed by atoms with van der Waals surface area (Å²) in [6.45, 7) is 5.74. The standard InChI is InChI=1S/C24H39N2/c1-3-5-7-9-10-11-16-20-25-21-22-26(23-17-13-12-14-18-23)24(25)19-15-8-6-4-2/h12-14,17-18,21-22H,3-11,15-16,19-20H2,1-2H3/q+1. The summed E-state index contributed by atoms with van der Waals surface area (Å²) in [4.78, 5) is 0. The van der Waals surface area contributed by atoms with E-state index >= 15 is 0 Å². The first-order chi connectivity index (χ1) is 12.9. The monoisotopic (exact) mass is 355 g/mol. The van der Waals surface area contributed by atoms with Gasteiger partial charge in [0, 0.05) is 6.42 Å². The van der Waals surface area contributed by atoms with Crippen molar-refractivity contribution >= 4 is 0 Å². The Morgan fingerprint density at radius 1 is 0.731 bits per heavy atom. The van der Waals surface area contributed by atoms with Gasteiger partial charge in [0.1, 0.15) is 18.1 Å². The Morgan fingerprint density at radius 3 is 2.04 bits per heavy atom. The van der Waals surface area contributed by atoms with Gasteiger partial charge in [0.25, 0.3) is 5.82 Å². The third-order valence-corrected chi connectivity index (χ3v) is 5.30. The summed E-state index contributed by atoms with van der Waals surface area (Å²) in [6, 6.07) is 10.8. The Morgan fingerprint density at radius 2 is 1.35 bits per heavy atom. The number of rotatable bonds is 14. The zero-order valence-electron chi connectivity index (χ0n) is 17.1. The summed E-state index contributed by atoms with van der Waals surface area (Å²) in [5.41, 5.74) is 1.29. The molecular formula is C24H39N2+. The molecule has 144 valence electrons. The number of nitrogens with zero attached hydrogens (tertiary/aromatic N) is 2. The van der Waals surface area contributed by atoms with Crippen LogP contribution in [0.15, 0.2) is 42.7 Å². The minimum Gasteiger partial charge on any atom is -0.234 e. The lowest BCUT2D eigenvalue weighted by atomic mass is 10.1. The van der Waals surface area contributed by atoms with E-state index in [4.69, 9.17) is 0 Å². The van der Waals surface area contributed by atoms with Crippen LogP contribution < -0.4 is 4.57 Å². The summed E-state index contributed by atoms with van der Waals surface area (Å²) in [5, 5.41) is 0. The summed E-state index contributed by atoms with van der Waals surface area (Å²) in [6.07, 6.45) is 20.6. The van der Waals surface area contributed by atoms with E-state index in [1.54, 1.807) is 0 Å². The second-order valence-corrected chi connectivity index (χ2v) is 7.55. The van der Waals surface area contributed by atoms with Crippen LogP contribution in [0.5, 0.6) is 0 Å². The molecule has 0 radical (unpaired) electrons. The third-order valence-electron chi connectivity index (χ3n) is 5.30. The highest BCUT2D eigenvalue weighted by atomic mass is 15.1. The van der Waals surface area contributed by atoms with Crippen molar-refractivity contribution in [2.24, 2.45) is 0 Å². The normalized spacial score (nSPS) is 11.2. The predicted octanol–water partition coefficient (Wildman–Crippen LogP) is 6.64. The van der Waals surface area contributed by atoms with Crippen LogP contribution in [-0.4, -0.2) is 4.57 Å². The van der Waals surface area contributed by atoms with Crippen molar-refractivity contribution in [2.75, 3.05) is 0 Å². The van der Waals surface area contributed by atoms with Crippen molar-refractivity contribution in [1.29, 1.82) is 0 Å². The minimum atomic E-state index is 1.16. The molecule has 1 heterocycles. The number of aryl methyl sites for hydroxylation is 1. The zero-order chi connectivity index (χ0) is 18.5. The topological polar surface area (TPSA) is 8.81 Å². The predicted molar refractivity (Wildman–Crippen MR) is 112 cm³/mol. The lowest BCUT2D eigenvalue weighted by Crippen LogP contribution is -2.37. The first-order valence-corrected chi connectivity index (χ1v) is 11.0. The van der Waals surface area contributed by atoms with Gasteiger partial charge in [0.2, 0.25) is 0 Å². The fourth-order valence-corrected chi connectivity index (χ4v) is 3.70. The van der Waals surface area contributed by atoms with Crippen LogP contribution in [-0.2, 0) is 13.0 Å². The van der Waals surface area contributed by atoms with Crippen molar-refractivity contribution in [3.8, 4) is 5.69 Å². The molecule has 0 aliphatic heterocycles. The highest BCUT2D eigenvalue weighted by molar-refractivity contribution is 5.31. The highest BCUT2D eigenvalue weighted by Crippen LogP contribution is 2.13.